The average molecular weight is 288 g/mol. The molecule has 1 saturated heterocycles. The van der Waals surface area contributed by atoms with Gasteiger partial charge in [0.1, 0.15) is 11.1 Å². The molecule has 0 atom stereocenters. The van der Waals surface area contributed by atoms with E-state index in [9.17, 15) is 10.1 Å². The maximum Gasteiger partial charge on any atom is 0.259 e. The fourth-order valence-corrected chi connectivity index (χ4v) is 2.43. The molecule has 1 amide bonds. The zero-order valence-corrected chi connectivity index (χ0v) is 12.7. The number of hydrogen-bond donors (Lipinski definition) is 0. The van der Waals surface area contributed by atoms with Crippen molar-refractivity contribution in [1.82, 2.24) is 14.8 Å². The number of aromatic nitrogens is 1. The standard InChI is InChI=1S/C15H20N4O2/c1-15(2,11-16)19-9-7-18(8-10-19)14(20)12-5-4-6-17-13(12)21-3/h4-6H,7-10H2,1-3H3. The number of carbonyl (C=O) groups is 1. The summed E-state index contributed by atoms with van der Waals surface area (Å²) >= 11 is 0. The van der Waals surface area contributed by atoms with Crippen molar-refractivity contribution in [3.8, 4) is 11.9 Å². The van der Waals surface area contributed by atoms with Crippen LogP contribution in [-0.4, -0.2) is 59.5 Å². The van der Waals surface area contributed by atoms with Gasteiger partial charge in [-0.2, -0.15) is 5.26 Å². The molecular formula is C15H20N4O2. The first-order valence-corrected chi connectivity index (χ1v) is 6.94. The summed E-state index contributed by atoms with van der Waals surface area (Å²) in [4.78, 5) is 20.5. The molecule has 0 aliphatic carbocycles. The molecule has 1 aromatic heterocycles. The Morgan fingerprint density at radius 1 is 1.38 bits per heavy atom. The summed E-state index contributed by atoms with van der Waals surface area (Å²) in [6, 6.07) is 5.75. The van der Waals surface area contributed by atoms with Crippen LogP contribution in [0.15, 0.2) is 18.3 Å². The van der Waals surface area contributed by atoms with E-state index in [1.807, 2.05) is 13.8 Å². The topological polar surface area (TPSA) is 69.5 Å². The van der Waals surface area contributed by atoms with Crippen LogP contribution in [-0.2, 0) is 0 Å². The van der Waals surface area contributed by atoms with Crippen LogP contribution >= 0.6 is 0 Å². The molecule has 0 bridgehead atoms. The minimum atomic E-state index is -0.499. The number of pyridine rings is 1. The Morgan fingerprint density at radius 3 is 2.62 bits per heavy atom. The highest BCUT2D eigenvalue weighted by molar-refractivity contribution is 5.96. The number of hydrogen-bond acceptors (Lipinski definition) is 5. The summed E-state index contributed by atoms with van der Waals surface area (Å²) in [6.07, 6.45) is 1.60. The second-order valence-electron chi connectivity index (χ2n) is 5.51. The summed E-state index contributed by atoms with van der Waals surface area (Å²) in [6.45, 7) is 6.37. The van der Waals surface area contributed by atoms with E-state index < -0.39 is 5.54 Å². The molecular weight excluding hydrogens is 268 g/mol. The lowest BCUT2D eigenvalue weighted by Gasteiger charge is -2.40. The molecule has 0 spiro atoms. The Bertz CT molecular complexity index is 557. The molecule has 2 heterocycles. The van der Waals surface area contributed by atoms with Gasteiger partial charge in [-0.3, -0.25) is 9.69 Å². The molecule has 1 aromatic rings. The maximum absolute atomic E-state index is 12.5. The highest BCUT2D eigenvalue weighted by Gasteiger charge is 2.32. The molecule has 0 aromatic carbocycles. The summed E-state index contributed by atoms with van der Waals surface area (Å²) < 4.78 is 5.14. The number of methoxy groups -OCH3 is 1. The van der Waals surface area contributed by atoms with E-state index in [-0.39, 0.29) is 5.91 Å². The number of rotatable bonds is 3. The minimum Gasteiger partial charge on any atom is -0.480 e. The van der Waals surface area contributed by atoms with Gasteiger partial charge in [0.15, 0.2) is 0 Å². The number of nitriles is 1. The van der Waals surface area contributed by atoms with Gasteiger partial charge in [-0.15, -0.1) is 0 Å². The minimum absolute atomic E-state index is 0.0747. The lowest BCUT2D eigenvalue weighted by molar-refractivity contribution is 0.0517. The molecule has 1 fully saturated rings. The van der Waals surface area contributed by atoms with Crippen molar-refractivity contribution in [3.63, 3.8) is 0 Å². The fourth-order valence-electron chi connectivity index (χ4n) is 2.43. The number of ether oxygens (including phenoxy) is 1. The second kappa shape index (κ2) is 6.10. The summed E-state index contributed by atoms with van der Waals surface area (Å²) in [5.41, 5.74) is -0.0193. The lowest BCUT2D eigenvalue weighted by Crippen LogP contribution is -2.55. The number of piperazine rings is 1. The predicted molar refractivity (Wildman–Crippen MR) is 78.0 cm³/mol. The van der Waals surface area contributed by atoms with E-state index in [1.165, 1.54) is 7.11 Å². The van der Waals surface area contributed by atoms with Crippen LogP contribution in [0.4, 0.5) is 0 Å². The van der Waals surface area contributed by atoms with Crippen molar-refractivity contribution in [3.05, 3.63) is 23.9 Å². The van der Waals surface area contributed by atoms with Crippen molar-refractivity contribution in [2.45, 2.75) is 19.4 Å². The highest BCUT2D eigenvalue weighted by atomic mass is 16.5. The molecule has 21 heavy (non-hydrogen) atoms. The van der Waals surface area contributed by atoms with Crippen molar-refractivity contribution >= 4 is 5.91 Å². The SMILES string of the molecule is COc1ncccc1C(=O)N1CCN(C(C)(C)C#N)CC1. The monoisotopic (exact) mass is 288 g/mol. The smallest absolute Gasteiger partial charge is 0.259 e. The van der Waals surface area contributed by atoms with Gasteiger partial charge in [-0.25, -0.2) is 4.98 Å². The van der Waals surface area contributed by atoms with E-state index in [1.54, 1.807) is 23.2 Å². The molecule has 0 N–H and O–H groups in total. The molecule has 6 nitrogen and oxygen atoms in total. The molecule has 112 valence electrons. The van der Waals surface area contributed by atoms with Crippen molar-refractivity contribution in [2.75, 3.05) is 33.3 Å². The Hall–Kier alpha value is -2.13. The quantitative estimate of drug-likeness (QED) is 0.834. The van der Waals surface area contributed by atoms with E-state index >= 15 is 0 Å². The van der Waals surface area contributed by atoms with E-state index in [0.29, 0.717) is 37.6 Å². The normalized spacial score (nSPS) is 16.4. The van der Waals surface area contributed by atoms with Crippen LogP contribution in [0.2, 0.25) is 0 Å². The third kappa shape index (κ3) is 3.14. The van der Waals surface area contributed by atoms with Crippen LogP contribution in [0, 0.1) is 11.3 Å². The summed E-state index contributed by atoms with van der Waals surface area (Å²) in [7, 11) is 1.51. The summed E-state index contributed by atoms with van der Waals surface area (Å²) in [5, 5.41) is 9.17. The third-order valence-electron chi connectivity index (χ3n) is 3.83. The molecule has 0 saturated carbocycles. The number of nitrogens with zero attached hydrogens (tertiary/aromatic N) is 4. The summed E-state index contributed by atoms with van der Waals surface area (Å²) in [5.74, 6) is 0.275. The van der Waals surface area contributed by atoms with Gasteiger partial charge in [-0.05, 0) is 26.0 Å². The molecule has 1 aliphatic heterocycles. The largest absolute Gasteiger partial charge is 0.480 e. The number of amides is 1. The first-order valence-electron chi connectivity index (χ1n) is 6.94. The van der Waals surface area contributed by atoms with Crippen LogP contribution < -0.4 is 4.74 Å². The van der Waals surface area contributed by atoms with Gasteiger partial charge in [0, 0.05) is 32.4 Å². The Kier molecular flexibility index (Phi) is 4.43. The van der Waals surface area contributed by atoms with Gasteiger partial charge in [-0.1, -0.05) is 0 Å². The van der Waals surface area contributed by atoms with E-state index in [4.69, 9.17) is 4.74 Å². The first kappa shape index (κ1) is 15.3. The fraction of sp³-hybridized carbons (Fsp3) is 0.533. The second-order valence-corrected chi connectivity index (χ2v) is 5.51. The third-order valence-corrected chi connectivity index (χ3v) is 3.83. The van der Waals surface area contributed by atoms with Crippen LogP contribution in [0.3, 0.4) is 0 Å². The van der Waals surface area contributed by atoms with Gasteiger partial charge < -0.3 is 9.64 Å². The average Bonchev–Trinajstić information content (AvgIpc) is 2.54. The van der Waals surface area contributed by atoms with E-state index in [2.05, 4.69) is 16.0 Å². The lowest BCUT2D eigenvalue weighted by atomic mass is 10.0. The van der Waals surface area contributed by atoms with Crippen LogP contribution in [0.5, 0.6) is 5.88 Å². The van der Waals surface area contributed by atoms with E-state index in [0.717, 1.165) is 0 Å². The zero-order chi connectivity index (χ0) is 15.5. The molecule has 2 rings (SSSR count). The van der Waals surface area contributed by atoms with Gasteiger partial charge in [0.25, 0.3) is 5.91 Å². The predicted octanol–water partition coefficient (Wildman–Crippen LogP) is 1.15. The van der Waals surface area contributed by atoms with Crippen LogP contribution in [0.25, 0.3) is 0 Å². The Balaban J connectivity index is 2.06. The Morgan fingerprint density at radius 2 is 2.05 bits per heavy atom. The Labute approximate surface area is 124 Å². The van der Waals surface area contributed by atoms with Crippen molar-refractivity contribution in [1.29, 1.82) is 5.26 Å². The molecule has 0 unspecified atom stereocenters. The first-order chi connectivity index (χ1) is 9.99. The molecule has 0 radical (unpaired) electrons. The zero-order valence-electron chi connectivity index (χ0n) is 12.7. The van der Waals surface area contributed by atoms with Crippen molar-refractivity contribution in [2.24, 2.45) is 0 Å². The van der Waals surface area contributed by atoms with Crippen LogP contribution in [0.1, 0.15) is 24.2 Å². The van der Waals surface area contributed by atoms with Gasteiger partial charge in [0.2, 0.25) is 5.88 Å². The highest BCUT2D eigenvalue weighted by Crippen LogP contribution is 2.20. The van der Waals surface area contributed by atoms with Gasteiger partial charge in [0.05, 0.1) is 13.2 Å². The van der Waals surface area contributed by atoms with Crippen molar-refractivity contribution < 1.29 is 9.53 Å². The molecule has 1 aliphatic rings. The van der Waals surface area contributed by atoms with Gasteiger partial charge >= 0.3 is 0 Å². The molecule has 6 heteroatoms. The maximum atomic E-state index is 12.5. The number of carbonyl (C=O) groups excluding carboxylic acids is 1.